The lowest BCUT2D eigenvalue weighted by Crippen LogP contribution is -1.94. The first kappa shape index (κ1) is 14.8. The molecule has 0 aromatic rings. The van der Waals surface area contributed by atoms with Gasteiger partial charge in [-0.1, -0.05) is 51.2 Å². The third kappa shape index (κ3) is 11.8. The summed E-state index contributed by atoms with van der Waals surface area (Å²) in [5.74, 6) is 0.520. The third-order valence-corrected chi connectivity index (χ3v) is 3.15. The van der Waals surface area contributed by atoms with Gasteiger partial charge in [0.15, 0.2) is 11.1 Å². The second kappa shape index (κ2) is 11.9. The smallest absolute Gasteiger partial charge is 0.159 e. The fourth-order valence-corrected chi connectivity index (χ4v) is 1.80. The Morgan fingerprint density at radius 2 is 1.73 bits per heavy atom. The van der Waals surface area contributed by atoms with Crippen molar-refractivity contribution in [3.05, 3.63) is 12.2 Å². The Kier molecular flexibility index (Phi) is 11.8. The summed E-state index contributed by atoms with van der Waals surface area (Å²) in [7, 11) is 1.47. The lowest BCUT2D eigenvalue weighted by molar-refractivity contribution is 0.448. The van der Waals surface area contributed by atoms with Crippen LogP contribution in [0.3, 0.4) is 0 Å². The van der Waals surface area contributed by atoms with Crippen LogP contribution in [-0.2, 0) is 15.3 Å². The van der Waals surface area contributed by atoms with Crippen LogP contribution in [0.15, 0.2) is 12.2 Å². The molecule has 0 amide bonds. The van der Waals surface area contributed by atoms with E-state index < -0.39 is 11.1 Å². The summed E-state index contributed by atoms with van der Waals surface area (Å²) in [6.07, 6.45) is 13.1. The molecule has 1 atom stereocenters. The molecule has 0 heterocycles. The van der Waals surface area contributed by atoms with Crippen LogP contribution >= 0.6 is 0 Å². The van der Waals surface area contributed by atoms with Crippen molar-refractivity contribution in [3.63, 3.8) is 0 Å². The van der Waals surface area contributed by atoms with Crippen LogP contribution in [0.4, 0.5) is 0 Å². The van der Waals surface area contributed by atoms with E-state index in [1.165, 1.54) is 45.6 Å². The Hall–Kier alpha value is -0.150. The Morgan fingerprint density at radius 3 is 2.40 bits per heavy atom. The fraction of sp³-hybridized carbons (Fsp3) is 0.833. The van der Waals surface area contributed by atoms with Crippen molar-refractivity contribution in [1.29, 1.82) is 0 Å². The lowest BCUT2D eigenvalue weighted by atomic mass is 10.1. The maximum Gasteiger partial charge on any atom is 0.159 e. The first-order valence-electron chi connectivity index (χ1n) is 5.89. The van der Waals surface area contributed by atoms with Gasteiger partial charge in [0.1, 0.15) is 0 Å². The van der Waals surface area contributed by atoms with Gasteiger partial charge in [0, 0.05) is 0 Å². The molecule has 0 aromatic carbocycles. The molecule has 15 heavy (non-hydrogen) atoms. The van der Waals surface area contributed by atoms with E-state index in [9.17, 15) is 4.21 Å². The minimum absolute atomic E-state index is 0.520. The zero-order valence-electron chi connectivity index (χ0n) is 10.0. The largest absolute Gasteiger partial charge is 0.294 e. The summed E-state index contributed by atoms with van der Waals surface area (Å²) in [5.41, 5.74) is 0. The van der Waals surface area contributed by atoms with E-state index in [1.807, 2.05) is 6.08 Å². The highest BCUT2D eigenvalue weighted by molar-refractivity contribution is 7.80. The highest BCUT2D eigenvalue weighted by Gasteiger charge is 1.91. The standard InChI is InChI=1S/C12H24O2S/c1-3-4-5-6-7-8-9-10-11-12-15(13)14-2/h10-11H,3-9,12H2,1-2H3/b11-10+. The van der Waals surface area contributed by atoms with Gasteiger partial charge in [-0.3, -0.25) is 4.18 Å². The molecule has 90 valence electrons. The summed E-state index contributed by atoms with van der Waals surface area (Å²) in [6.45, 7) is 2.23. The number of hydrogen-bond acceptors (Lipinski definition) is 2. The minimum Gasteiger partial charge on any atom is -0.294 e. The first-order chi connectivity index (χ1) is 7.31. The average molecular weight is 232 g/mol. The van der Waals surface area contributed by atoms with E-state index >= 15 is 0 Å². The van der Waals surface area contributed by atoms with E-state index in [-0.39, 0.29) is 0 Å². The lowest BCUT2D eigenvalue weighted by Gasteiger charge is -1.97. The van der Waals surface area contributed by atoms with Crippen molar-refractivity contribution in [1.82, 2.24) is 0 Å². The van der Waals surface area contributed by atoms with E-state index in [2.05, 4.69) is 17.2 Å². The molecule has 0 bridgehead atoms. The van der Waals surface area contributed by atoms with Crippen LogP contribution in [0.2, 0.25) is 0 Å². The van der Waals surface area contributed by atoms with Gasteiger partial charge in [0.05, 0.1) is 12.9 Å². The molecule has 0 aromatic heterocycles. The number of hydrogen-bond donors (Lipinski definition) is 0. The predicted octanol–water partition coefficient (Wildman–Crippen LogP) is 3.60. The summed E-state index contributed by atoms with van der Waals surface area (Å²) < 4.78 is 15.5. The molecule has 0 saturated carbocycles. The molecule has 0 aliphatic carbocycles. The van der Waals surface area contributed by atoms with E-state index in [0.29, 0.717) is 5.75 Å². The van der Waals surface area contributed by atoms with Crippen LogP contribution in [0.5, 0.6) is 0 Å². The first-order valence-corrected chi connectivity index (χ1v) is 7.13. The third-order valence-electron chi connectivity index (χ3n) is 2.31. The summed E-state index contributed by atoms with van der Waals surface area (Å²) >= 11 is -1.13. The van der Waals surface area contributed by atoms with Gasteiger partial charge in [0.2, 0.25) is 0 Å². The van der Waals surface area contributed by atoms with Crippen molar-refractivity contribution in [2.75, 3.05) is 12.9 Å². The maximum atomic E-state index is 10.9. The van der Waals surface area contributed by atoms with Gasteiger partial charge in [-0.25, -0.2) is 4.21 Å². The highest BCUT2D eigenvalue weighted by atomic mass is 32.2. The van der Waals surface area contributed by atoms with Crippen molar-refractivity contribution < 1.29 is 8.39 Å². The van der Waals surface area contributed by atoms with E-state index in [4.69, 9.17) is 0 Å². The summed E-state index contributed by atoms with van der Waals surface area (Å²) in [4.78, 5) is 0. The zero-order chi connectivity index (χ0) is 11.4. The SMILES string of the molecule is CCCCCCCC/C=C/CS(=O)OC. The summed E-state index contributed by atoms with van der Waals surface area (Å²) in [6, 6.07) is 0. The van der Waals surface area contributed by atoms with Crippen molar-refractivity contribution >= 4 is 11.1 Å². The molecule has 0 saturated heterocycles. The maximum absolute atomic E-state index is 10.9. The molecule has 0 fully saturated rings. The highest BCUT2D eigenvalue weighted by Crippen LogP contribution is 2.07. The van der Waals surface area contributed by atoms with Gasteiger partial charge in [0.25, 0.3) is 0 Å². The van der Waals surface area contributed by atoms with Crippen LogP contribution in [0.25, 0.3) is 0 Å². The Bertz CT molecular complexity index is 178. The van der Waals surface area contributed by atoms with Crippen molar-refractivity contribution in [2.45, 2.75) is 51.9 Å². The van der Waals surface area contributed by atoms with Crippen LogP contribution < -0.4 is 0 Å². The molecule has 0 N–H and O–H groups in total. The normalized spacial score (nSPS) is 13.5. The summed E-state index contributed by atoms with van der Waals surface area (Å²) in [5, 5.41) is 0. The molecular weight excluding hydrogens is 208 g/mol. The van der Waals surface area contributed by atoms with E-state index in [0.717, 1.165) is 6.42 Å². The number of unbranched alkanes of at least 4 members (excludes halogenated alkanes) is 6. The number of rotatable bonds is 10. The average Bonchev–Trinajstić information content (AvgIpc) is 2.26. The van der Waals surface area contributed by atoms with Gasteiger partial charge < -0.3 is 0 Å². The molecule has 0 spiro atoms. The minimum atomic E-state index is -1.13. The molecule has 0 rings (SSSR count). The van der Waals surface area contributed by atoms with Crippen molar-refractivity contribution in [3.8, 4) is 0 Å². The topological polar surface area (TPSA) is 26.3 Å². The molecular formula is C12H24O2S. The quantitative estimate of drug-likeness (QED) is 0.425. The van der Waals surface area contributed by atoms with Crippen LogP contribution in [0.1, 0.15) is 51.9 Å². The number of allylic oxidation sites excluding steroid dienone is 1. The second-order valence-electron chi connectivity index (χ2n) is 3.66. The fourth-order valence-electron chi connectivity index (χ4n) is 1.38. The zero-order valence-corrected chi connectivity index (χ0v) is 10.9. The predicted molar refractivity (Wildman–Crippen MR) is 67.2 cm³/mol. The molecule has 0 aliphatic rings. The molecule has 2 nitrogen and oxygen atoms in total. The van der Waals surface area contributed by atoms with Gasteiger partial charge >= 0.3 is 0 Å². The van der Waals surface area contributed by atoms with Gasteiger partial charge in [-0.05, 0) is 12.8 Å². The van der Waals surface area contributed by atoms with Crippen molar-refractivity contribution in [2.24, 2.45) is 0 Å². The Morgan fingerprint density at radius 1 is 1.07 bits per heavy atom. The molecule has 0 aliphatic heterocycles. The van der Waals surface area contributed by atoms with Crippen LogP contribution in [-0.4, -0.2) is 17.1 Å². The monoisotopic (exact) mass is 232 g/mol. The Labute approximate surface area is 96.8 Å². The Balaban J connectivity index is 3.13. The second-order valence-corrected chi connectivity index (χ2v) is 4.94. The molecule has 3 heteroatoms. The van der Waals surface area contributed by atoms with Gasteiger partial charge in [-0.2, -0.15) is 0 Å². The van der Waals surface area contributed by atoms with Crippen LogP contribution in [0, 0.1) is 0 Å². The molecule has 0 radical (unpaired) electrons. The van der Waals surface area contributed by atoms with Gasteiger partial charge in [-0.15, -0.1) is 0 Å². The molecule has 1 unspecified atom stereocenters. The van der Waals surface area contributed by atoms with E-state index in [1.54, 1.807) is 0 Å².